The van der Waals surface area contributed by atoms with Crippen LogP contribution in [-0.4, -0.2) is 53.5 Å². The first-order valence-electron chi connectivity index (χ1n) is 17.6. The number of carbonyl (C=O) groups is 1. The van der Waals surface area contributed by atoms with Gasteiger partial charge >= 0.3 is 6.09 Å². The number of anilines is 2. The highest BCUT2D eigenvalue weighted by atomic mass is 32.2. The van der Waals surface area contributed by atoms with Crippen LogP contribution in [0.2, 0.25) is 0 Å². The highest BCUT2D eigenvalue weighted by Gasteiger charge is 2.29. The third kappa shape index (κ3) is 8.58. The second-order valence-corrected chi connectivity index (χ2v) is 15.1. The van der Waals surface area contributed by atoms with Crippen LogP contribution in [0.3, 0.4) is 0 Å². The van der Waals surface area contributed by atoms with Crippen molar-refractivity contribution >= 4 is 38.5 Å². The van der Waals surface area contributed by atoms with Crippen molar-refractivity contribution in [1.82, 2.24) is 19.9 Å². The number of nitrogens with one attached hydrogen (secondary N) is 2. The minimum absolute atomic E-state index is 0.115. The predicted molar refractivity (Wildman–Crippen MR) is 206 cm³/mol. The predicted octanol–water partition coefficient (Wildman–Crippen LogP) is 8.33. The number of likely N-dealkylation sites (tertiary alicyclic amines) is 1. The first-order chi connectivity index (χ1) is 26.1. The number of hydrogen-bond donors (Lipinski definition) is 2. The van der Waals surface area contributed by atoms with Gasteiger partial charge in [0.1, 0.15) is 18.2 Å². The van der Waals surface area contributed by atoms with Crippen LogP contribution in [0.25, 0.3) is 22.0 Å². The van der Waals surface area contributed by atoms with Gasteiger partial charge in [0.15, 0.2) is 0 Å². The maximum absolute atomic E-state index is 15.3. The number of fused-ring (bicyclic) bond motifs is 1. The summed E-state index contributed by atoms with van der Waals surface area (Å²) in [5.74, 6) is 0.201. The lowest BCUT2D eigenvalue weighted by Gasteiger charge is -2.36. The molecule has 0 unspecified atom stereocenters. The highest BCUT2D eigenvalue weighted by molar-refractivity contribution is 7.91. The zero-order valence-corrected chi connectivity index (χ0v) is 30.6. The number of pyridine rings is 1. The molecule has 2 N–H and O–H groups in total. The molecule has 1 amide bonds. The number of nitrogens with zero attached hydrogens (tertiary/aromatic N) is 4. The number of piperidine rings is 1. The monoisotopic (exact) mass is 746 g/mol. The van der Waals surface area contributed by atoms with Crippen LogP contribution in [0.1, 0.15) is 30.0 Å². The Morgan fingerprint density at radius 3 is 2.39 bits per heavy atom. The van der Waals surface area contributed by atoms with Crippen LogP contribution in [0.4, 0.5) is 20.8 Å². The Kier molecular flexibility index (Phi) is 10.7. The summed E-state index contributed by atoms with van der Waals surface area (Å²) in [5.41, 5.74) is 3.18. The summed E-state index contributed by atoms with van der Waals surface area (Å²) >= 11 is 0. The lowest BCUT2D eigenvalue weighted by Crippen LogP contribution is -2.48. The lowest BCUT2D eigenvalue weighted by molar-refractivity contribution is 0.0783. The number of halogens is 1. The molecule has 2 atom stereocenters. The fourth-order valence-corrected chi connectivity index (χ4v) is 7.85. The van der Waals surface area contributed by atoms with Gasteiger partial charge < -0.3 is 19.7 Å². The molecular formula is C41H39FN6O5S. The van der Waals surface area contributed by atoms with Crippen molar-refractivity contribution in [1.29, 1.82) is 0 Å². The van der Waals surface area contributed by atoms with Crippen LogP contribution in [-0.2, 0) is 27.1 Å². The molecule has 13 heteroatoms. The fourth-order valence-electron chi connectivity index (χ4n) is 6.63. The SMILES string of the molecule is Cc1ccc2c(NS(=O)(=O)Cc3ccccc3)c(F)ccc2c1Oc1ncccc1-c1ccnc(N[C@H]2C[C@@H](C)CN(C(=O)OCc3ccccc3)C2)n1. The summed E-state index contributed by atoms with van der Waals surface area (Å²) in [6, 6.07) is 29.7. The lowest BCUT2D eigenvalue weighted by atomic mass is 9.96. The maximum atomic E-state index is 15.3. The van der Waals surface area contributed by atoms with Crippen molar-refractivity contribution in [2.75, 3.05) is 23.1 Å². The number of benzene rings is 4. The van der Waals surface area contributed by atoms with Gasteiger partial charge in [0.05, 0.1) is 22.7 Å². The molecule has 0 bridgehead atoms. The van der Waals surface area contributed by atoms with Crippen LogP contribution in [0.5, 0.6) is 11.6 Å². The van der Waals surface area contributed by atoms with Crippen molar-refractivity contribution < 1.29 is 27.1 Å². The Labute approximate surface area is 313 Å². The average Bonchev–Trinajstić information content (AvgIpc) is 3.16. The van der Waals surface area contributed by atoms with Crippen molar-refractivity contribution in [3.8, 4) is 22.9 Å². The molecule has 4 aromatic carbocycles. The van der Waals surface area contributed by atoms with Gasteiger partial charge in [0.25, 0.3) is 0 Å². The molecule has 2 aromatic heterocycles. The van der Waals surface area contributed by atoms with E-state index in [9.17, 15) is 13.2 Å². The Morgan fingerprint density at radius 1 is 0.870 bits per heavy atom. The molecule has 3 heterocycles. The number of aromatic nitrogens is 3. The van der Waals surface area contributed by atoms with Gasteiger partial charge in [0.2, 0.25) is 21.9 Å². The molecule has 6 aromatic rings. The van der Waals surface area contributed by atoms with E-state index in [1.165, 1.54) is 6.07 Å². The van der Waals surface area contributed by atoms with Crippen LogP contribution >= 0.6 is 0 Å². The molecule has 1 aliphatic heterocycles. The molecular weight excluding hydrogens is 708 g/mol. The summed E-state index contributed by atoms with van der Waals surface area (Å²) in [4.78, 5) is 28.5. The Morgan fingerprint density at radius 2 is 1.61 bits per heavy atom. The number of hydrogen-bond acceptors (Lipinski definition) is 9. The van der Waals surface area contributed by atoms with Crippen molar-refractivity contribution in [2.45, 2.75) is 38.7 Å². The highest BCUT2D eigenvalue weighted by Crippen LogP contribution is 2.40. The van der Waals surface area contributed by atoms with Crippen molar-refractivity contribution in [3.63, 3.8) is 0 Å². The van der Waals surface area contributed by atoms with E-state index in [1.54, 1.807) is 78.0 Å². The minimum atomic E-state index is -3.95. The Balaban J connectivity index is 1.10. The van der Waals surface area contributed by atoms with E-state index in [0.29, 0.717) is 52.4 Å². The third-order valence-electron chi connectivity index (χ3n) is 9.11. The topological polar surface area (TPSA) is 136 Å². The van der Waals surface area contributed by atoms with Gasteiger partial charge in [0, 0.05) is 42.3 Å². The number of amides is 1. The van der Waals surface area contributed by atoms with Gasteiger partial charge in [-0.2, -0.15) is 0 Å². The number of sulfonamides is 1. The van der Waals surface area contributed by atoms with E-state index >= 15 is 4.39 Å². The van der Waals surface area contributed by atoms with E-state index in [4.69, 9.17) is 14.5 Å². The first-order valence-corrected chi connectivity index (χ1v) is 19.2. The number of carbonyl (C=O) groups excluding carboxylic acids is 1. The van der Waals surface area contributed by atoms with Crippen molar-refractivity contribution in [3.05, 3.63) is 138 Å². The Bertz CT molecular complexity index is 2380. The third-order valence-corrected chi connectivity index (χ3v) is 10.3. The molecule has 11 nitrogen and oxygen atoms in total. The van der Waals surface area contributed by atoms with Gasteiger partial charge in [-0.25, -0.2) is 32.6 Å². The zero-order valence-electron chi connectivity index (χ0n) is 29.8. The molecule has 276 valence electrons. The van der Waals surface area contributed by atoms with Gasteiger partial charge in [-0.05, 0) is 66.3 Å². The summed E-state index contributed by atoms with van der Waals surface area (Å²) in [6.45, 7) is 5.16. The van der Waals surface area contributed by atoms with Gasteiger partial charge in [-0.15, -0.1) is 0 Å². The quantitative estimate of drug-likeness (QED) is 0.134. The summed E-state index contributed by atoms with van der Waals surface area (Å²) in [7, 11) is -3.95. The molecule has 0 saturated carbocycles. The molecule has 0 aliphatic carbocycles. The molecule has 54 heavy (non-hydrogen) atoms. The molecule has 1 aliphatic rings. The summed E-state index contributed by atoms with van der Waals surface area (Å²) in [6.07, 6.45) is 3.67. The first kappa shape index (κ1) is 36.3. The van der Waals surface area contributed by atoms with Crippen molar-refractivity contribution in [2.24, 2.45) is 5.92 Å². The van der Waals surface area contributed by atoms with Crippen LogP contribution in [0, 0.1) is 18.7 Å². The standard InChI is InChI=1S/C41H39FN6O5S/c1-27-22-31(24-48(23-27)41(49)52-25-29-10-5-3-6-11-29)45-40-44-21-19-36(46-40)34-14-9-20-43-39(34)53-38-28(2)15-16-32-33(38)17-18-35(42)37(32)47-54(50,51)26-30-12-7-4-8-13-30/h3-21,27,31,47H,22-26H2,1-2H3,(H,44,45,46)/t27-,31+/m1/s1. The Hall–Kier alpha value is -6.08. The molecule has 1 saturated heterocycles. The van der Waals surface area contributed by atoms with Gasteiger partial charge in [-0.1, -0.05) is 79.7 Å². The van der Waals surface area contributed by atoms with E-state index in [2.05, 4.69) is 26.9 Å². The second-order valence-electron chi connectivity index (χ2n) is 13.4. The average molecular weight is 747 g/mol. The second kappa shape index (κ2) is 15.9. The van der Waals surface area contributed by atoms with E-state index < -0.39 is 15.8 Å². The largest absolute Gasteiger partial charge is 0.445 e. The van der Waals surface area contributed by atoms with Crippen LogP contribution in [0.15, 0.2) is 116 Å². The summed E-state index contributed by atoms with van der Waals surface area (Å²) in [5, 5.41) is 4.23. The molecule has 1 fully saturated rings. The van der Waals surface area contributed by atoms with Crippen LogP contribution < -0.4 is 14.8 Å². The van der Waals surface area contributed by atoms with E-state index in [0.717, 1.165) is 17.5 Å². The number of ether oxygens (including phenoxy) is 2. The zero-order chi connectivity index (χ0) is 37.7. The molecule has 0 radical (unpaired) electrons. The summed E-state index contributed by atoms with van der Waals surface area (Å²) < 4.78 is 56.1. The van der Waals surface area contributed by atoms with E-state index in [1.807, 2.05) is 43.3 Å². The maximum Gasteiger partial charge on any atom is 0.410 e. The molecule has 0 spiro atoms. The normalized spacial score (nSPS) is 15.8. The smallest absolute Gasteiger partial charge is 0.410 e. The number of rotatable bonds is 11. The van der Waals surface area contributed by atoms with E-state index in [-0.39, 0.29) is 42.0 Å². The number of aryl methyl sites for hydroxylation is 1. The minimum Gasteiger partial charge on any atom is -0.445 e. The fraction of sp³-hybridized carbons (Fsp3) is 0.220. The molecule has 7 rings (SSSR count). The van der Waals surface area contributed by atoms with Gasteiger partial charge in [-0.3, -0.25) is 4.72 Å².